The van der Waals surface area contributed by atoms with Crippen LogP contribution in [0, 0.1) is 0 Å². The number of piperazine rings is 1. The number of ether oxygens (including phenoxy) is 1. The highest BCUT2D eigenvalue weighted by atomic mass is 79.9. The lowest BCUT2D eigenvalue weighted by atomic mass is 9.96. The van der Waals surface area contributed by atoms with Gasteiger partial charge in [-0.25, -0.2) is 4.79 Å². The van der Waals surface area contributed by atoms with Gasteiger partial charge in [0.1, 0.15) is 5.75 Å². The maximum absolute atomic E-state index is 12.7. The first-order chi connectivity index (χ1) is 16.6. The molecule has 0 unspecified atom stereocenters. The van der Waals surface area contributed by atoms with Crippen molar-refractivity contribution in [2.24, 2.45) is 0 Å². The molecule has 3 aromatic carbocycles. The molecule has 0 atom stereocenters. The number of hydrogen-bond donors (Lipinski definition) is 1. The quantitative estimate of drug-likeness (QED) is 0.356. The Balaban J connectivity index is 1.24. The first-order valence-corrected chi connectivity index (χ1v) is 12.7. The van der Waals surface area contributed by atoms with Gasteiger partial charge in [-0.2, -0.15) is 0 Å². The van der Waals surface area contributed by atoms with Gasteiger partial charge < -0.3 is 15.0 Å². The third kappa shape index (κ3) is 6.53. The van der Waals surface area contributed by atoms with Crippen molar-refractivity contribution in [3.05, 3.63) is 99.5 Å². The van der Waals surface area contributed by atoms with E-state index in [1.54, 1.807) is 6.07 Å². The second kappa shape index (κ2) is 12.2. The van der Waals surface area contributed by atoms with E-state index in [1.807, 2.05) is 29.2 Å². The summed E-state index contributed by atoms with van der Waals surface area (Å²) in [5, 5.41) is 3.59. The molecule has 2 amide bonds. The summed E-state index contributed by atoms with van der Waals surface area (Å²) >= 11 is 9.55. The number of carbonyl (C=O) groups is 1. The number of rotatable bonds is 8. The standard InChI is InChI=1S/C27H29BrClN3O2/c28-23-12-13-25(24(29)20-23)34-19-7-14-30-27(33)32-17-15-31(16-18-32)26(21-8-3-1-4-9-21)22-10-5-2-6-11-22/h1-6,8-13,20,26H,7,14-19H2,(H,30,33). The number of amides is 2. The van der Waals surface area contributed by atoms with Gasteiger partial charge in [-0.1, -0.05) is 88.2 Å². The fraction of sp³-hybridized carbons (Fsp3) is 0.296. The number of carbonyl (C=O) groups excluding carboxylic acids is 1. The van der Waals surface area contributed by atoms with Gasteiger partial charge in [0.2, 0.25) is 0 Å². The molecule has 3 aromatic rings. The van der Waals surface area contributed by atoms with E-state index >= 15 is 0 Å². The molecule has 0 radical (unpaired) electrons. The van der Waals surface area contributed by atoms with Gasteiger partial charge in [0.25, 0.3) is 0 Å². The first-order valence-electron chi connectivity index (χ1n) is 11.6. The van der Waals surface area contributed by atoms with Crippen molar-refractivity contribution in [2.75, 3.05) is 39.3 Å². The number of nitrogens with one attached hydrogen (secondary N) is 1. The zero-order valence-corrected chi connectivity index (χ0v) is 21.3. The Labute approximate surface area is 214 Å². The number of nitrogens with zero attached hydrogens (tertiary/aromatic N) is 2. The van der Waals surface area contributed by atoms with Crippen LogP contribution in [0.1, 0.15) is 23.6 Å². The van der Waals surface area contributed by atoms with Gasteiger partial charge in [0.05, 0.1) is 17.7 Å². The fourth-order valence-corrected chi connectivity index (χ4v) is 4.95. The largest absolute Gasteiger partial charge is 0.492 e. The van der Waals surface area contributed by atoms with Crippen molar-refractivity contribution in [1.82, 2.24) is 15.1 Å². The van der Waals surface area contributed by atoms with Gasteiger partial charge in [0.15, 0.2) is 0 Å². The van der Waals surface area contributed by atoms with Crippen LogP contribution < -0.4 is 10.1 Å². The van der Waals surface area contributed by atoms with E-state index in [0.29, 0.717) is 43.4 Å². The molecule has 0 spiro atoms. The van der Waals surface area contributed by atoms with Crippen LogP contribution >= 0.6 is 27.5 Å². The molecule has 5 nitrogen and oxygen atoms in total. The highest BCUT2D eigenvalue weighted by Gasteiger charge is 2.27. The zero-order chi connectivity index (χ0) is 23.8. The Morgan fingerprint density at radius 1 is 0.941 bits per heavy atom. The predicted molar refractivity (Wildman–Crippen MR) is 141 cm³/mol. The van der Waals surface area contributed by atoms with E-state index in [0.717, 1.165) is 17.6 Å². The maximum Gasteiger partial charge on any atom is 0.317 e. The molecule has 0 aromatic heterocycles. The van der Waals surface area contributed by atoms with E-state index in [1.165, 1.54) is 11.1 Å². The third-order valence-electron chi connectivity index (χ3n) is 5.95. The summed E-state index contributed by atoms with van der Waals surface area (Å²) in [6, 6.07) is 26.9. The van der Waals surface area contributed by atoms with Crippen LogP contribution in [0.2, 0.25) is 5.02 Å². The minimum Gasteiger partial charge on any atom is -0.492 e. The second-order valence-corrected chi connectivity index (χ2v) is 9.58. The van der Waals surface area contributed by atoms with Crippen LogP contribution in [-0.4, -0.2) is 55.2 Å². The molecule has 1 N–H and O–H groups in total. The summed E-state index contributed by atoms with van der Waals surface area (Å²) < 4.78 is 6.63. The lowest BCUT2D eigenvalue weighted by Gasteiger charge is -2.39. The zero-order valence-electron chi connectivity index (χ0n) is 19.0. The smallest absolute Gasteiger partial charge is 0.317 e. The molecule has 178 valence electrons. The minimum atomic E-state index is -0.0164. The van der Waals surface area contributed by atoms with Crippen LogP contribution in [0.5, 0.6) is 5.75 Å². The molecule has 1 fully saturated rings. The molecule has 0 saturated carbocycles. The van der Waals surface area contributed by atoms with E-state index in [-0.39, 0.29) is 12.1 Å². The van der Waals surface area contributed by atoms with Gasteiger partial charge in [-0.15, -0.1) is 0 Å². The van der Waals surface area contributed by atoms with Crippen molar-refractivity contribution in [3.8, 4) is 5.75 Å². The van der Waals surface area contributed by atoms with Gasteiger partial charge in [-0.05, 0) is 35.7 Å². The van der Waals surface area contributed by atoms with Crippen LogP contribution in [0.15, 0.2) is 83.3 Å². The normalized spacial score (nSPS) is 14.3. The third-order valence-corrected chi connectivity index (χ3v) is 6.73. The first kappa shape index (κ1) is 24.6. The highest BCUT2D eigenvalue weighted by molar-refractivity contribution is 9.10. The molecule has 7 heteroatoms. The lowest BCUT2D eigenvalue weighted by molar-refractivity contribution is 0.120. The van der Waals surface area contributed by atoms with Crippen molar-refractivity contribution in [3.63, 3.8) is 0 Å². The average Bonchev–Trinajstić information content (AvgIpc) is 2.87. The summed E-state index contributed by atoms with van der Waals surface area (Å²) in [7, 11) is 0. The lowest BCUT2D eigenvalue weighted by Crippen LogP contribution is -2.52. The van der Waals surface area contributed by atoms with Crippen molar-refractivity contribution in [2.45, 2.75) is 12.5 Å². The van der Waals surface area contributed by atoms with E-state index in [9.17, 15) is 4.79 Å². The van der Waals surface area contributed by atoms with Crippen LogP contribution in [0.4, 0.5) is 4.79 Å². The van der Waals surface area contributed by atoms with Crippen LogP contribution in [-0.2, 0) is 0 Å². The van der Waals surface area contributed by atoms with Gasteiger partial charge in [0, 0.05) is 37.2 Å². The van der Waals surface area contributed by atoms with Crippen molar-refractivity contribution >= 4 is 33.6 Å². The molecule has 0 bridgehead atoms. The Bertz CT molecular complexity index is 1020. The predicted octanol–water partition coefficient (Wildman–Crippen LogP) is 5.99. The average molecular weight is 543 g/mol. The Morgan fingerprint density at radius 2 is 1.56 bits per heavy atom. The van der Waals surface area contributed by atoms with Crippen LogP contribution in [0.25, 0.3) is 0 Å². The summed E-state index contributed by atoms with van der Waals surface area (Å²) in [4.78, 5) is 17.0. The van der Waals surface area contributed by atoms with Gasteiger partial charge in [-0.3, -0.25) is 4.90 Å². The number of benzene rings is 3. The fourth-order valence-electron chi connectivity index (χ4n) is 4.22. The maximum atomic E-state index is 12.7. The van der Waals surface area contributed by atoms with E-state index in [4.69, 9.17) is 16.3 Å². The highest BCUT2D eigenvalue weighted by Crippen LogP contribution is 2.30. The van der Waals surface area contributed by atoms with Crippen molar-refractivity contribution in [1.29, 1.82) is 0 Å². The summed E-state index contributed by atoms with van der Waals surface area (Å²) in [6.45, 7) is 4.11. The summed E-state index contributed by atoms with van der Waals surface area (Å²) in [5.41, 5.74) is 2.55. The molecule has 1 aliphatic rings. The molecular formula is C27H29BrClN3O2. The molecule has 1 heterocycles. The number of urea groups is 1. The monoisotopic (exact) mass is 541 g/mol. The molecular weight excluding hydrogens is 514 g/mol. The van der Waals surface area contributed by atoms with E-state index in [2.05, 4.69) is 74.7 Å². The number of halogens is 2. The second-order valence-electron chi connectivity index (χ2n) is 8.26. The van der Waals surface area contributed by atoms with Crippen LogP contribution in [0.3, 0.4) is 0 Å². The Morgan fingerprint density at radius 3 is 2.15 bits per heavy atom. The molecule has 0 aliphatic carbocycles. The molecule has 1 saturated heterocycles. The molecule has 1 aliphatic heterocycles. The minimum absolute atomic E-state index is 0.0164. The van der Waals surface area contributed by atoms with Crippen molar-refractivity contribution < 1.29 is 9.53 Å². The molecule has 34 heavy (non-hydrogen) atoms. The van der Waals surface area contributed by atoms with E-state index < -0.39 is 0 Å². The Kier molecular flexibility index (Phi) is 8.85. The molecule has 4 rings (SSSR count). The Hall–Kier alpha value is -2.54. The summed E-state index contributed by atoms with van der Waals surface area (Å²) in [6.07, 6.45) is 0.711. The number of hydrogen-bond acceptors (Lipinski definition) is 3. The van der Waals surface area contributed by atoms with Gasteiger partial charge >= 0.3 is 6.03 Å². The SMILES string of the molecule is O=C(NCCCOc1ccc(Br)cc1Cl)N1CCN(C(c2ccccc2)c2ccccc2)CC1. The summed E-state index contributed by atoms with van der Waals surface area (Å²) in [5.74, 6) is 0.652. The topological polar surface area (TPSA) is 44.8 Å².